The molecule has 0 unspecified atom stereocenters. The van der Waals surface area contributed by atoms with Crippen molar-refractivity contribution in [2.45, 2.75) is 44.6 Å². The molecule has 29 heavy (non-hydrogen) atoms. The van der Waals surface area contributed by atoms with Crippen molar-refractivity contribution in [2.24, 2.45) is 29.6 Å². The third kappa shape index (κ3) is 3.08. The lowest BCUT2D eigenvalue weighted by atomic mass is 9.79. The van der Waals surface area contributed by atoms with Gasteiger partial charge in [0.1, 0.15) is 11.5 Å². The Bertz CT molecular complexity index is 825. The molecule has 3 aliphatic carbocycles. The minimum Gasteiger partial charge on any atom is -0.497 e. The van der Waals surface area contributed by atoms with Crippen LogP contribution in [0.2, 0.25) is 0 Å². The number of hydrogen-bond acceptors (Lipinski definition) is 4. The van der Waals surface area contributed by atoms with E-state index in [1.54, 1.807) is 37.3 Å². The molecule has 1 saturated heterocycles. The average molecular weight is 399 g/mol. The zero-order valence-electron chi connectivity index (χ0n) is 17.2. The van der Waals surface area contributed by atoms with Crippen molar-refractivity contribution in [3.8, 4) is 11.5 Å². The van der Waals surface area contributed by atoms with E-state index < -0.39 is 0 Å². The predicted octanol–water partition coefficient (Wildman–Crippen LogP) is 3.00. The molecule has 0 aromatic heterocycles. The summed E-state index contributed by atoms with van der Waals surface area (Å²) in [4.78, 5) is 27.4. The van der Waals surface area contributed by atoms with Gasteiger partial charge in [-0.05, 0) is 61.5 Å². The molecule has 1 aromatic carbocycles. The minimum absolute atomic E-state index is 0.0369. The molecule has 6 atom stereocenters. The number of nitrogens with one attached hydrogen (secondary N) is 1. The monoisotopic (exact) mass is 398 g/mol. The van der Waals surface area contributed by atoms with Gasteiger partial charge in [0.05, 0.1) is 25.8 Å². The van der Waals surface area contributed by atoms with Gasteiger partial charge in [0, 0.05) is 25.1 Å². The number of anilines is 1. The van der Waals surface area contributed by atoms with Gasteiger partial charge in [0.2, 0.25) is 11.8 Å². The average Bonchev–Trinajstić information content (AvgIpc) is 3.49. The summed E-state index contributed by atoms with van der Waals surface area (Å²) < 4.78 is 10.7. The number of carbonyl (C=O) groups excluding carboxylic acids is 2. The van der Waals surface area contributed by atoms with E-state index in [-0.39, 0.29) is 24.2 Å². The predicted molar refractivity (Wildman–Crippen MR) is 109 cm³/mol. The Morgan fingerprint density at radius 3 is 2.72 bits per heavy atom. The molecule has 4 aliphatic rings. The fourth-order valence-corrected chi connectivity index (χ4v) is 6.66. The van der Waals surface area contributed by atoms with Gasteiger partial charge in [0.25, 0.3) is 0 Å². The van der Waals surface area contributed by atoms with E-state index in [1.807, 2.05) is 0 Å². The molecule has 4 fully saturated rings. The van der Waals surface area contributed by atoms with Gasteiger partial charge >= 0.3 is 0 Å². The number of benzene rings is 1. The molecule has 1 N–H and O–H groups in total. The SMILES string of the molecule is COc1ccc(OC)c(N2C[C@H](C(=O)N[C@@H]3C[C@H]4C[C@H]3[C@H]3CCC[C@@H]43)CC2=O)c1. The number of nitrogens with zero attached hydrogens (tertiary/aromatic N) is 1. The lowest BCUT2D eigenvalue weighted by Crippen LogP contribution is -2.45. The fourth-order valence-electron chi connectivity index (χ4n) is 6.66. The number of hydrogen-bond donors (Lipinski definition) is 1. The van der Waals surface area contributed by atoms with E-state index in [0.717, 1.165) is 24.2 Å². The number of ether oxygens (including phenoxy) is 2. The molecule has 1 aromatic rings. The quantitative estimate of drug-likeness (QED) is 0.828. The van der Waals surface area contributed by atoms with Crippen molar-refractivity contribution >= 4 is 17.5 Å². The van der Waals surface area contributed by atoms with Crippen molar-refractivity contribution in [3.63, 3.8) is 0 Å². The van der Waals surface area contributed by atoms with Gasteiger partial charge in [0.15, 0.2) is 0 Å². The Labute approximate surface area is 171 Å². The van der Waals surface area contributed by atoms with Crippen LogP contribution < -0.4 is 19.7 Å². The van der Waals surface area contributed by atoms with E-state index in [9.17, 15) is 9.59 Å². The summed E-state index contributed by atoms with van der Waals surface area (Å²) in [7, 11) is 3.18. The maximum absolute atomic E-state index is 13.0. The van der Waals surface area contributed by atoms with Gasteiger partial charge in [-0.15, -0.1) is 0 Å². The Balaban J connectivity index is 1.27. The number of methoxy groups -OCH3 is 2. The van der Waals surface area contributed by atoms with Crippen LogP contribution in [0.4, 0.5) is 5.69 Å². The summed E-state index contributed by atoms with van der Waals surface area (Å²) in [5.74, 6) is 4.16. The lowest BCUT2D eigenvalue weighted by molar-refractivity contribution is -0.127. The third-order valence-electron chi connectivity index (χ3n) is 7.93. The molecule has 5 rings (SSSR count). The smallest absolute Gasteiger partial charge is 0.227 e. The van der Waals surface area contributed by atoms with E-state index in [1.165, 1.54) is 25.7 Å². The van der Waals surface area contributed by atoms with Crippen LogP contribution in [0.1, 0.15) is 38.5 Å². The van der Waals surface area contributed by atoms with Crippen molar-refractivity contribution in [3.05, 3.63) is 18.2 Å². The standard InChI is InChI=1S/C23H30N2O4/c1-28-15-6-7-21(29-2)20(11-15)25-12-14(10-22(25)26)23(27)24-19-9-13-8-18(19)17-5-3-4-16(13)17/h6-7,11,13-14,16-19H,3-5,8-10,12H2,1-2H3,(H,24,27)/t13-,14-,16+,17+,18+,19-/m1/s1. The van der Waals surface area contributed by atoms with E-state index in [2.05, 4.69) is 5.32 Å². The number of amides is 2. The molecule has 6 heteroatoms. The van der Waals surface area contributed by atoms with Crippen LogP contribution in [0.25, 0.3) is 0 Å². The molecular weight excluding hydrogens is 368 g/mol. The van der Waals surface area contributed by atoms with Crippen LogP contribution in [0.3, 0.4) is 0 Å². The first-order chi connectivity index (χ1) is 14.1. The first-order valence-corrected chi connectivity index (χ1v) is 10.9. The Morgan fingerprint density at radius 2 is 1.93 bits per heavy atom. The maximum atomic E-state index is 13.0. The number of fused-ring (bicyclic) bond motifs is 5. The third-order valence-corrected chi connectivity index (χ3v) is 7.93. The Morgan fingerprint density at radius 1 is 1.10 bits per heavy atom. The molecule has 156 valence electrons. The molecule has 1 aliphatic heterocycles. The zero-order chi connectivity index (χ0) is 20.1. The van der Waals surface area contributed by atoms with Crippen molar-refractivity contribution in [2.75, 3.05) is 25.7 Å². The highest BCUT2D eigenvalue weighted by atomic mass is 16.5. The van der Waals surface area contributed by atoms with Crippen LogP contribution in [0, 0.1) is 29.6 Å². The van der Waals surface area contributed by atoms with Crippen LogP contribution in [0.5, 0.6) is 11.5 Å². The van der Waals surface area contributed by atoms with Gasteiger partial charge in [-0.3, -0.25) is 9.59 Å². The molecule has 0 radical (unpaired) electrons. The van der Waals surface area contributed by atoms with Crippen LogP contribution >= 0.6 is 0 Å². The van der Waals surface area contributed by atoms with Gasteiger partial charge in [-0.1, -0.05) is 6.42 Å². The summed E-state index contributed by atoms with van der Waals surface area (Å²) >= 11 is 0. The maximum Gasteiger partial charge on any atom is 0.227 e. The summed E-state index contributed by atoms with van der Waals surface area (Å²) in [6.45, 7) is 0.390. The molecule has 0 spiro atoms. The molecule has 1 heterocycles. The summed E-state index contributed by atoms with van der Waals surface area (Å²) in [6, 6.07) is 5.70. The zero-order valence-corrected chi connectivity index (χ0v) is 17.2. The summed E-state index contributed by atoms with van der Waals surface area (Å²) in [6.07, 6.45) is 6.75. The largest absolute Gasteiger partial charge is 0.497 e. The molecular formula is C23H30N2O4. The molecule has 3 saturated carbocycles. The second-order valence-electron chi connectivity index (χ2n) is 9.21. The van der Waals surface area contributed by atoms with Crippen LogP contribution in [0.15, 0.2) is 18.2 Å². The van der Waals surface area contributed by atoms with Crippen LogP contribution in [-0.4, -0.2) is 38.6 Å². The summed E-state index contributed by atoms with van der Waals surface area (Å²) in [5, 5.41) is 3.33. The topological polar surface area (TPSA) is 67.9 Å². The first-order valence-electron chi connectivity index (χ1n) is 10.9. The van der Waals surface area contributed by atoms with Crippen LogP contribution in [-0.2, 0) is 9.59 Å². The van der Waals surface area contributed by atoms with Gasteiger partial charge in [-0.2, -0.15) is 0 Å². The number of carbonyl (C=O) groups is 2. The number of rotatable bonds is 5. The second-order valence-corrected chi connectivity index (χ2v) is 9.21. The molecule has 6 nitrogen and oxygen atoms in total. The Kier molecular flexibility index (Phi) is 4.67. The van der Waals surface area contributed by atoms with Gasteiger partial charge in [-0.25, -0.2) is 0 Å². The van der Waals surface area contributed by atoms with E-state index >= 15 is 0 Å². The Hall–Kier alpha value is -2.24. The normalized spacial score (nSPS) is 35.1. The minimum atomic E-state index is -0.308. The van der Waals surface area contributed by atoms with Gasteiger partial charge < -0.3 is 19.7 Å². The second kappa shape index (κ2) is 7.22. The highest BCUT2D eigenvalue weighted by Gasteiger charge is 2.54. The van der Waals surface area contributed by atoms with Crippen molar-refractivity contribution < 1.29 is 19.1 Å². The summed E-state index contributed by atoms with van der Waals surface area (Å²) in [5.41, 5.74) is 0.667. The van der Waals surface area contributed by atoms with Crippen molar-refractivity contribution in [1.29, 1.82) is 0 Å². The van der Waals surface area contributed by atoms with Crippen molar-refractivity contribution in [1.82, 2.24) is 5.32 Å². The first kappa shape index (κ1) is 18.8. The highest BCUT2D eigenvalue weighted by Crippen LogP contribution is 2.58. The van der Waals surface area contributed by atoms with E-state index in [0.29, 0.717) is 35.7 Å². The highest BCUT2D eigenvalue weighted by molar-refractivity contribution is 6.01. The lowest BCUT2D eigenvalue weighted by Gasteiger charge is -2.32. The molecule has 2 bridgehead atoms. The fraction of sp³-hybridized carbons (Fsp3) is 0.652. The van der Waals surface area contributed by atoms with E-state index in [4.69, 9.17) is 9.47 Å². The molecule has 2 amide bonds.